The second kappa shape index (κ2) is 3.33. The van der Waals surface area contributed by atoms with Gasteiger partial charge in [-0.15, -0.1) is 5.10 Å². The maximum Gasteiger partial charge on any atom is 0.388 e. The smallest absolute Gasteiger partial charge is 0.388 e. The topological polar surface area (TPSA) is 27.1 Å². The Hall–Kier alpha value is -0.400. The molecular formula is C5H5F2IN2O. The molecular weight excluding hydrogens is 269 g/mol. The van der Waals surface area contributed by atoms with Crippen LogP contribution in [-0.4, -0.2) is 16.4 Å². The number of hydrogen-bond donors (Lipinski definition) is 0. The van der Waals surface area contributed by atoms with E-state index in [1.807, 2.05) is 22.6 Å². The van der Waals surface area contributed by atoms with Crippen molar-refractivity contribution in [2.24, 2.45) is 7.05 Å². The van der Waals surface area contributed by atoms with E-state index in [4.69, 9.17) is 0 Å². The monoisotopic (exact) mass is 274 g/mol. The van der Waals surface area contributed by atoms with E-state index < -0.39 is 6.61 Å². The second-order valence-electron chi connectivity index (χ2n) is 1.83. The minimum atomic E-state index is -2.81. The van der Waals surface area contributed by atoms with Gasteiger partial charge in [-0.3, -0.25) is 4.68 Å². The maximum atomic E-state index is 11.6. The van der Waals surface area contributed by atoms with Gasteiger partial charge >= 0.3 is 6.61 Å². The van der Waals surface area contributed by atoms with Crippen molar-refractivity contribution in [2.45, 2.75) is 6.61 Å². The normalized spacial score (nSPS) is 10.6. The lowest BCUT2D eigenvalue weighted by Gasteiger charge is -1.98. The van der Waals surface area contributed by atoms with Crippen molar-refractivity contribution in [3.8, 4) is 5.88 Å². The van der Waals surface area contributed by atoms with Crippen LogP contribution in [-0.2, 0) is 7.05 Å². The van der Waals surface area contributed by atoms with Crippen molar-refractivity contribution in [1.29, 1.82) is 0 Å². The van der Waals surface area contributed by atoms with E-state index in [-0.39, 0.29) is 5.88 Å². The average Bonchev–Trinajstić information content (AvgIpc) is 2.09. The van der Waals surface area contributed by atoms with Gasteiger partial charge in [0.25, 0.3) is 5.88 Å². The number of aryl methyl sites for hydroxylation is 1. The molecule has 1 aromatic heterocycles. The van der Waals surface area contributed by atoms with E-state index in [0.29, 0.717) is 3.57 Å². The summed E-state index contributed by atoms with van der Waals surface area (Å²) in [5.74, 6) is -0.0249. The molecule has 0 aliphatic carbocycles. The summed E-state index contributed by atoms with van der Waals surface area (Å²) in [7, 11) is 1.64. The number of rotatable bonds is 2. The Morgan fingerprint density at radius 1 is 1.73 bits per heavy atom. The van der Waals surface area contributed by atoms with Crippen molar-refractivity contribution in [3.05, 3.63) is 9.77 Å². The molecule has 0 aromatic carbocycles. The molecule has 3 nitrogen and oxygen atoms in total. The van der Waals surface area contributed by atoms with Gasteiger partial charge in [0.2, 0.25) is 0 Å². The van der Waals surface area contributed by atoms with Gasteiger partial charge in [-0.25, -0.2) is 0 Å². The van der Waals surface area contributed by atoms with Gasteiger partial charge in [-0.1, -0.05) is 0 Å². The standard InChI is InChI=1S/C5H5F2IN2O/c1-10-2-3(8)4(9-10)11-5(6)7/h2,5H,1H3. The molecule has 0 spiro atoms. The molecule has 62 valence electrons. The molecule has 0 atom stereocenters. The van der Waals surface area contributed by atoms with Crippen molar-refractivity contribution >= 4 is 22.6 Å². The fourth-order valence-corrected chi connectivity index (χ4v) is 1.24. The van der Waals surface area contributed by atoms with Crippen LogP contribution >= 0.6 is 22.6 Å². The molecule has 11 heavy (non-hydrogen) atoms. The number of aromatic nitrogens is 2. The zero-order valence-electron chi connectivity index (χ0n) is 5.59. The van der Waals surface area contributed by atoms with Crippen LogP contribution in [0, 0.1) is 3.57 Å². The Morgan fingerprint density at radius 3 is 2.73 bits per heavy atom. The largest absolute Gasteiger partial charge is 0.414 e. The first-order valence-electron chi connectivity index (χ1n) is 2.73. The van der Waals surface area contributed by atoms with Crippen LogP contribution in [0.1, 0.15) is 0 Å². The number of hydrogen-bond acceptors (Lipinski definition) is 2. The molecule has 0 saturated heterocycles. The third-order valence-electron chi connectivity index (χ3n) is 0.954. The highest BCUT2D eigenvalue weighted by Gasteiger charge is 2.10. The highest BCUT2D eigenvalue weighted by Crippen LogP contribution is 2.19. The van der Waals surface area contributed by atoms with Gasteiger partial charge in [0.15, 0.2) is 0 Å². The summed E-state index contributed by atoms with van der Waals surface area (Å²) in [6.07, 6.45) is 1.60. The summed E-state index contributed by atoms with van der Waals surface area (Å²) in [6, 6.07) is 0. The third-order valence-corrected chi connectivity index (χ3v) is 1.69. The summed E-state index contributed by atoms with van der Waals surface area (Å²) in [5, 5.41) is 3.66. The van der Waals surface area contributed by atoms with Gasteiger partial charge in [-0.05, 0) is 22.6 Å². The highest BCUT2D eigenvalue weighted by molar-refractivity contribution is 14.1. The lowest BCUT2D eigenvalue weighted by molar-refractivity contribution is -0.0537. The fourth-order valence-electron chi connectivity index (χ4n) is 0.603. The maximum absolute atomic E-state index is 11.6. The second-order valence-corrected chi connectivity index (χ2v) is 3.00. The average molecular weight is 274 g/mol. The predicted octanol–water partition coefficient (Wildman–Crippen LogP) is 1.63. The molecule has 0 unspecified atom stereocenters. The Labute approximate surface area is 75.5 Å². The van der Waals surface area contributed by atoms with Crippen LogP contribution in [0.3, 0.4) is 0 Å². The lowest BCUT2D eigenvalue weighted by Crippen LogP contribution is -2.03. The first-order chi connectivity index (χ1) is 5.09. The molecule has 0 amide bonds. The number of alkyl halides is 2. The zero-order chi connectivity index (χ0) is 8.43. The van der Waals surface area contributed by atoms with Crippen LogP contribution in [0.4, 0.5) is 8.78 Å². The van der Waals surface area contributed by atoms with E-state index in [0.717, 1.165) is 0 Å². The lowest BCUT2D eigenvalue weighted by atomic mass is 10.7. The van der Waals surface area contributed by atoms with Gasteiger partial charge in [0.05, 0.1) is 3.57 Å². The van der Waals surface area contributed by atoms with Crippen LogP contribution < -0.4 is 4.74 Å². The molecule has 1 heterocycles. The SMILES string of the molecule is Cn1cc(I)c(OC(F)F)n1. The summed E-state index contributed by atoms with van der Waals surface area (Å²) in [5.41, 5.74) is 0. The van der Waals surface area contributed by atoms with Crippen LogP contribution in [0.2, 0.25) is 0 Å². The van der Waals surface area contributed by atoms with E-state index >= 15 is 0 Å². The van der Waals surface area contributed by atoms with Crippen molar-refractivity contribution in [3.63, 3.8) is 0 Å². The molecule has 0 aliphatic rings. The van der Waals surface area contributed by atoms with Crippen LogP contribution in [0.5, 0.6) is 5.88 Å². The highest BCUT2D eigenvalue weighted by atomic mass is 127. The number of ether oxygens (including phenoxy) is 1. The van der Waals surface area contributed by atoms with Gasteiger partial charge in [0.1, 0.15) is 0 Å². The Bertz CT molecular complexity index is 251. The Morgan fingerprint density at radius 2 is 2.36 bits per heavy atom. The molecule has 6 heteroatoms. The molecule has 0 aliphatic heterocycles. The quantitative estimate of drug-likeness (QED) is 0.766. The minimum absolute atomic E-state index is 0.0249. The van der Waals surface area contributed by atoms with Gasteiger partial charge < -0.3 is 4.74 Å². The summed E-state index contributed by atoms with van der Waals surface area (Å²) >= 11 is 1.87. The van der Waals surface area contributed by atoms with E-state index in [1.165, 1.54) is 4.68 Å². The molecule has 0 bridgehead atoms. The summed E-state index contributed by atoms with van der Waals surface area (Å²) < 4.78 is 29.4. The van der Waals surface area contributed by atoms with E-state index in [2.05, 4.69) is 9.84 Å². The van der Waals surface area contributed by atoms with Gasteiger partial charge in [0, 0.05) is 13.2 Å². The van der Waals surface area contributed by atoms with E-state index in [9.17, 15) is 8.78 Å². The van der Waals surface area contributed by atoms with Crippen molar-refractivity contribution < 1.29 is 13.5 Å². The summed E-state index contributed by atoms with van der Waals surface area (Å²) in [6.45, 7) is -2.81. The first kappa shape index (κ1) is 8.69. The fraction of sp³-hybridized carbons (Fsp3) is 0.400. The third kappa shape index (κ3) is 2.28. The summed E-state index contributed by atoms with van der Waals surface area (Å²) in [4.78, 5) is 0. The number of halogens is 3. The van der Waals surface area contributed by atoms with Crippen LogP contribution in [0.15, 0.2) is 6.20 Å². The van der Waals surface area contributed by atoms with Crippen LogP contribution in [0.25, 0.3) is 0 Å². The van der Waals surface area contributed by atoms with Gasteiger partial charge in [-0.2, -0.15) is 8.78 Å². The Balaban J connectivity index is 2.77. The molecule has 1 aromatic rings. The van der Waals surface area contributed by atoms with Crippen molar-refractivity contribution in [1.82, 2.24) is 9.78 Å². The number of nitrogens with zero attached hydrogens (tertiary/aromatic N) is 2. The molecule has 0 saturated carbocycles. The molecule has 0 fully saturated rings. The Kier molecular flexibility index (Phi) is 2.63. The zero-order valence-corrected chi connectivity index (χ0v) is 7.75. The van der Waals surface area contributed by atoms with E-state index in [1.54, 1.807) is 13.2 Å². The predicted molar refractivity (Wildman–Crippen MR) is 42.6 cm³/mol. The first-order valence-corrected chi connectivity index (χ1v) is 3.81. The minimum Gasteiger partial charge on any atom is -0.414 e. The molecule has 1 rings (SSSR count). The van der Waals surface area contributed by atoms with Crippen molar-refractivity contribution in [2.75, 3.05) is 0 Å². The molecule has 0 radical (unpaired) electrons. The molecule has 0 N–H and O–H groups in total.